The van der Waals surface area contributed by atoms with Crippen molar-refractivity contribution in [2.75, 3.05) is 13.2 Å². The molecule has 0 bridgehead atoms. The summed E-state index contributed by atoms with van der Waals surface area (Å²) < 4.78 is 5.59. The van der Waals surface area contributed by atoms with Gasteiger partial charge in [0.1, 0.15) is 6.04 Å². The number of carbonyl (C=O) groups excluding carboxylic acids is 1. The standard InChI is InChI=1S/C22H26N2O4/c25-21(24-20(22(26)27)13-16-6-2-1-3-7-16)18-9-4-8-17(12-18)14-23-15-19-10-5-11-28-19/h1-4,6-9,12,19-20,23H,5,10-11,13-15H2,(H,24,25)(H,26,27)/t19?,20-/m0/s1. The molecular weight excluding hydrogens is 356 g/mol. The van der Waals surface area contributed by atoms with Crippen LogP contribution in [0, 0.1) is 0 Å². The molecule has 1 aliphatic heterocycles. The molecule has 3 rings (SSSR count). The molecule has 2 aromatic carbocycles. The first-order chi connectivity index (χ1) is 13.6. The van der Waals surface area contributed by atoms with Crippen LogP contribution in [-0.2, 0) is 22.5 Å². The highest BCUT2D eigenvalue weighted by atomic mass is 16.5. The van der Waals surface area contributed by atoms with Gasteiger partial charge in [0.15, 0.2) is 0 Å². The van der Waals surface area contributed by atoms with Crippen LogP contribution in [0.4, 0.5) is 0 Å². The van der Waals surface area contributed by atoms with Crippen LogP contribution in [0.1, 0.15) is 34.3 Å². The highest BCUT2D eigenvalue weighted by Crippen LogP contribution is 2.12. The molecule has 1 saturated heterocycles. The fourth-order valence-corrected chi connectivity index (χ4v) is 3.30. The van der Waals surface area contributed by atoms with Crippen LogP contribution in [0.25, 0.3) is 0 Å². The molecule has 1 aliphatic rings. The molecule has 6 nitrogen and oxygen atoms in total. The number of carboxylic acid groups (broad SMARTS) is 1. The predicted octanol–water partition coefficient (Wildman–Crippen LogP) is 2.38. The average Bonchev–Trinajstić information content (AvgIpc) is 3.22. The van der Waals surface area contributed by atoms with Gasteiger partial charge in [0, 0.05) is 31.7 Å². The number of benzene rings is 2. The fourth-order valence-electron chi connectivity index (χ4n) is 3.30. The van der Waals surface area contributed by atoms with Crippen LogP contribution >= 0.6 is 0 Å². The zero-order valence-electron chi connectivity index (χ0n) is 15.8. The summed E-state index contributed by atoms with van der Waals surface area (Å²) >= 11 is 0. The smallest absolute Gasteiger partial charge is 0.326 e. The zero-order chi connectivity index (χ0) is 19.8. The fraction of sp³-hybridized carbons (Fsp3) is 0.364. The van der Waals surface area contributed by atoms with E-state index in [2.05, 4.69) is 10.6 Å². The Kier molecular flexibility index (Phi) is 7.17. The number of nitrogens with one attached hydrogen (secondary N) is 2. The van der Waals surface area contributed by atoms with E-state index in [1.807, 2.05) is 42.5 Å². The van der Waals surface area contributed by atoms with Gasteiger partial charge in [-0.3, -0.25) is 4.79 Å². The molecule has 0 saturated carbocycles. The second kappa shape index (κ2) is 10.0. The van der Waals surface area contributed by atoms with Crippen molar-refractivity contribution < 1.29 is 19.4 Å². The zero-order valence-corrected chi connectivity index (χ0v) is 15.8. The normalized spacial score (nSPS) is 17.2. The Morgan fingerprint density at radius 1 is 1.11 bits per heavy atom. The van der Waals surface area contributed by atoms with Crippen molar-refractivity contribution in [3.63, 3.8) is 0 Å². The SMILES string of the molecule is O=C(N[C@@H](Cc1ccccc1)C(=O)O)c1cccc(CNCC2CCCO2)c1. The monoisotopic (exact) mass is 382 g/mol. The molecule has 0 radical (unpaired) electrons. The molecule has 1 heterocycles. The largest absolute Gasteiger partial charge is 0.480 e. The highest BCUT2D eigenvalue weighted by Gasteiger charge is 2.21. The van der Waals surface area contributed by atoms with Crippen molar-refractivity contribution in [2.24, 2.45) is 0 Å². The van der Waals surface area contributed by atoms with Gasteiger partial charge >= 0.3 is 5.97 Å². The molecule has 2 aromatic rings. The van der Waals surface area contributed by atoms with Gasteiger partial charge in [0.2, 0.25) is 0 Å². The van der Waals surface area contributed by atoms with Crippen molar-refractivity contribution in [3.8, 4) is 0 Å². The Labute approximate surface area is 164 Å². The van der Waals surface area contributed by atoms with Crippen LogP contribution in [0.2, 0.25) is 0 Å². The van der Waals surface area contributed by atoms with E-state index in [0.717, 1.165) is 37.1 Å². The summed E-state index contributed by atoms with van der Waals surface area (Å²) in [6, 6.07) is 15.5. The van der Waals surface area contributed by atoms with E-state index < -0.39 is 12.0 Å². The van der Waals surface area contributed by atoms with Crippen LogP contribution in [-0.4, -0.2) is 42.3 Å². The van der Waals surface area contributed by atoms with Gasteiger partial charge in [0.05, 0.1) is 6.10 Å². The lowest BCUT2D eigenvalue weighted by atomic mass is 10.0. The Morgan fingerprint density at radius 3 is 2.61 bits per heavy atom. The van der Waals surface area contributed by atoms with Gasteiger partial charge in [-0.05, 0) is 36.1 Å². The summed E-state index contributed by atoms with van der Waals surface area (Å²) in [6.07, 6.45) is 2.69. The van der Waals surface area contributed by atoms with Gasteiger partial charge in [-0.15, -0.1) is 0 Å². The first kappa shape index (κ1) is 20.0. The Bertz CT molecular complexity index is 788. The Morgan fingerprint density at radius 2 is 1.89 bits per heavy atom. The van der Waals surface area contributed by atoms with E-state index in [1.165, 1.54) is 0 Å². The maximum absolute atomic E-state index is 12.6. The molecule has 1 unspecified atom stereocenters. The molecule has 1 amide bonds. The van der Waals surface area contributed by atoms with E-state index in [9.17, 15) is 14.7 Å². The topological polar surface area (TPSA) is 87.7 Å². The highest BCUT2D eigenvalue weighted by molar-refractivity contribution is 5.96. The maximum atomic E-state index is 12.6. The summed E-state index contributed by atoms with van der Waals surface area (Å²) in [4.78, 5) is 24.1. The molecule has 6 heteroatoms. The van der Waals surface area contributed by atoms with Gasteiger partial charge < -0.3 is 20.5 Å². The molecule has 1 fully saturated rings. The third kappa shape index (κ3) is 5.90. The summed E-state index contributed by atoms with van der Waals surface area (Å²) in [5.74, 6) is -1.43. The lowest BCUT2D eigenvalue weighted by Crippen LogP contribution is -2.42. The van der Waals surface area contributed by atoms with Crippen LogP contribution in [0.15, 0.2) is 54.6 Å². The summed E-state index contributed by atoms with van der Waals surface area (Å²) in [5, 5.41) is 15.4. The number of carbonyl (C=O) groups is 2. The van der Waals surface area contributed by atoms with E-state index in [-0.39, 0.29) is 18.4 Å². The molecular formula is C22H26N2O4. The quantitative estimate of drug-likeness (QED) is 0.620. The van der Waals surface area contributed by atoms with E-state index in [0.29, 0.717) is 12.1 Å². The van der Waals surface area contributed by atoms with E-state index in [4.69, 9.17) is 4.74 Å². The lowest BCUT2D eigenvalue weighted by molar-refractivity contribution is -0.139. The van der Waals surface area contributed by atoms with Crippen LogP contribution in [0.5, 0.6) is 0 Å². The lowest BCUT2D eigenvalue weighted by Gasteiger charge is -2.15. The minimum absolute atomic E-state index is 0.241. The Balaban J connectivity index is 1.56. The van der Waals surface area contributed by atoms with Crippen molar-refractivity contribution in [2.45, 2.75) is 38.0 Å². The van der Waals surface area contributed by atoms with Gasteiger partial charge in [-0.2, -0.15) is 0 Å². The Hall–Kier alpha value is -2.70. The number of amides is 1. The van der Waals surface area contributed by atoms with Gasteiger partial charge in [0.25, 0.3) is 5.91 Å². The van der Waals surface area contributed by atoms with Crippen LogP contribution in [0.3, 0.4) is 0 Å². The third-order valence-electron chi connectivity index (χ3n) is 4.80. The first-order valence-electron chi connectivity index (χ1n) is 9.60. The molecule has 2 atom stereocenters. The molecule has 0 spiro atoms. The molecule has 0 aromatic heterocycles. The number of aliphatic carboxylic acids is 1. The van der Waals surface area contributed by atoms with Crippen molar-refractivity contribution in [1.82, 2.24) is 10.6 Å². The number of ether oxygens (including phenoxy) is 1. The second-order valence-electron chi connectivity index (χ2n) is 7.02. The summed E-state index contributed by atoms with van der Waals surface area (Å²) in [7, 11) is 0. The van der Waals surface area contributed by atoms with Gasteiger partial charge in [-0.25, -0.2) is 4.79 Å². The van der Waals surface area contributed by atoms with Crippen LogP contribution < -0.4 is 10.6 Å². The van der Waals surface area contributed by atoms with E-state index >= 15 is 0 Å². The number of hydrogen-bond donors (Lipinski definition) is 3. The third-order valence-corrected chi connectivity index (χ3v) is 4.80. The molecule has 0 aliphatic carbocycles. The molecule has 148 valence electrons. The van der Waals surface area contributed by atoms with Gasteiger partial charge in [-0.1, -0.05) is 42.5 Å². The number of carboxylic acids is 1. The number of hydrogen-bond acceptors (Lipinski definition) is 4. The number of rotatable bonds is 9. The summed E-state index contributed by atoms with van der Waals surface area (Å²) in [5.41, 5.74) is 2.29. The van der Waals surface area contributed by atoms with Crippen molar-refractivity contribution in [3.05, 3.63) is 71.3 Å². The average molecular weight is 382 g/mol. The second-order valence-corrected chi connectivity index (χ2v) is 7.02. The molecule has 28 heavy (non-hydrogen) atoms. The summed E-state index contributed by atoms with van der Waals surface area (Å²) in [6.45, 7) is 2.25. The van der Waals surface area contributed by atoms with E-state index in [1.54, 1.807) is 12.1 Å². The maximum Gasteiger partial charge on any atom is 0.326 e. The van der Waals surface area contributed by atoms with Crippen molar-refractivity contribution in [1.29, 1.82) is 0 Å². The minimum atomic E-state index is -1.05. The first-order valence-corrected chi connectivity index (χ1v) is 9.60. The molecule has 3 N–H and O–H groups in total. The predicted molar refractivity (Wildman–Crippen MR) is 106 cm³/mol. The minimum Gasteiger partial charge on any atom is -0.480 e. The van der Waals surface area contributed by atoms with Crippen molar-refractivity contribution >= 4 is 11.9 Å².